The third-order valence-corrected chi connectivity index (χ3v) is 63.4. The number of halogens is 2. The third kappa shape index (κ3) is 5.08. The van der Waals surface area contributed by atoms with Gasteiger partial charge in [-0.25, -0.2) is 0 Å². The molecule has 2 atom stereocenters. The van der Waals surface area contributed by atoms with Gasteiger partial charge in [-0.3, -0.25) is 0 Å². The molecule has 2 unspecified atom stereocenters. The van der Waals surface area contributed by atoms with Crippen molar-refractivity contribution < 1.29 is 15.6 Å². The van der Waals surface area contributed by atoms with E-state index in [1.807, 2.05) is 0 Å². The van der Waals surface area contributed by atoms with Gasteiger partial charge in [0, 0.05) is 0 Å². The molecule has 0 aliphatic heterocycles. The van der Waals surface area contributed by atoms with Crippen molar-refractivity contribution in [3.05, 3.63) is 128 Å². The summed E-state index contributed by atoms with van der Waals surface area (Å²) in [6.45, 7) is 23.2. The van der Waals surface area contributed by atoms with Gasteiger partial charge in [0.15, 0.2) is 0 Å². The monoisotopic (exact) mass is 741 g/mol. The van der Waals surface area contributed by atoms with E-state index < -0.39 is 21.5 Å². The van der Waals surface area contributed by atoms with Crippen LogP contribution in [0, 0.1) is 13.8 Å². The van der Waals surface area contributed by atoms with E-state index in [-0.39, 0.29) is 7.25 Å². The van der Waals surface area contributed by atoms with E-state index in [4.69, 9.17) is 17.0 Å². The molecule has 2 aliphatic carbocycles. The summed E-state index contributed by atoms with van der Waals surface area (Å²) in [6.07, 6.45) is 4.89. The SMILES string of the molecule is CC1=Cc2c(ccc(C)c2-c2ccccc2C(C)C)[CH]1[Zr]([Cl])([Cl])([CH]1C(C)=Cc2c1ccc(C)c2-c1ccccc1C(C)C)[SiH](C)C. The van der Waals surface area contributed by atoms with Crippen LogP contribution in [0.25, 0.3) is 34.4 Å². The van der Waals surface area contributed by atoms with Crippen molar-refractivity contribution in [3.8, 4) is 22.3 Å². The van der Waals surface area contributed by atoms with Gasteiger partial charge in [-0.05, 0) is 0 Å². The van der Waals surface area contributed by atoms with E-state index in [0.29, 0.717) is 11.8 Å². The van der Waals surface area contributed by atoms with Crippen LogP contribution in [0.2, 0.25) is 13.1 Å². The third-order valence-electron chi connectivity index (χ3n) is 11.2. The van der Waals surface area contributed by atoms with Gasteiger partial charge in [-0.15, -0.1) is 0 Å². The molecule has 46 heavy (non-hydrogen) atoms. The Kier molecular flexibility index (Phi) is 8.98. The Bertz CT molecular complexity index is 1790. The molecule has 0 N–H and O–H groups in total. The number of hydrogen-bond acceptors (Lipinski definition) is 0. The summed E-state index contributed by atoms with van der Waals surface area (Å²) in [5.74, 6) is -0.745. The molecule has 239 valence electrons. The number of benzene rings is 4. The van der Waals surface area contributed by atoms with E-state index >= 15 is 0 Å². The minimum absolute atomic E-state index is 0.0870. The van der Waals surface area contributed by atoms with Gasteiger partial charge in [0.25, 0.3) is 0 Å². The molecule has 0 amide bonds. The van der Waals surface area contributed by atoms with Gasteiger partial charge in [0.1, 0.15) is 0 Å². The fourth-order valence-corrected chi connectivity index (χ4v) is 41.8. The molecule has 0 radical (unpaired) electrons. The molecule has 0 heterocycles. The second-order valence-corrected chi connectivity index (χ2v) is 57.5. The fourth-order valence-electron chi connectivity index (χ4n) is 8.89. The van der Waals surface area contributed by atoms with Crippen molar-refractivity contribution in [2.24, 2.45) is 0 Å². The van der Waals surface area contributed by atoms with E-state index in [0.717, 1.165) is 0 Å². The van der Waals surface area contributed by atoms with Gasteiger partial charge in [0.2, 0.25) is 0 Å². The first-order valence-corrected chi connectivity index (χ1v) is 33.4. The van der Waals surface area contributed by atoms with Gasteiger partial charge < -0.3 is 0 Å². The Morgan fingerprint density at radius 3 is 1.28 bits per heavy atom. The molecule has 4 aromatic carbocycles. The van der Waals surface area contributed by atoms with E-state index in [1.54, 1.807) is 0 Å². The van der Waals surface area contributed by atoms with Crippen molar-refractivity contribution in [1.29, 1.82) is 0 Å². The molecule has 0 saturated carbocycles. The molecule has 0 spiro atoms. The molecule has 6 rings (SSSR count). The van der Waals surface area contributed by atoms with Crippen LogP contribution in [0.3, 0.4) is 0 Å². The zero-order valence-corrected chi connectivity index (χ0v) is 34.4. The summed E-state index contributed by atoms with van der Waals surface area (Å²) < 4.78 is 0.174. The second-order valence-electron chi connectivity index (χ2n) is 15.0. The molecule has 2 aliphatic rings. The van der Waals surface area contributed by atoms with Gasteiger partial charge in [0.05, 0.1) is 0 Å². The molecule has 0 nitrogen and oxygen atoms in total. The predicted molar refractivity (Wildman–Crippen MR) is 205 cm³/mol. The molecule has 4 aromatic rings. The van der Waals surface area contributed by atoms with Crippen LogP contribution in [0.4, 0.5) is 0 Å². The van der Waals surface area contributed by atoms with Crippen LogP contribution in [0.15, 0.2) is 83.9 Å². The van der Waals surface area contributed by atoms with Gasteiger partial charge >= 0.3 is 289 Å². The number of rotatable bonds is 7. The number of fused-ring (bicyclic) bond motifs is 2. The zero-order valence-electron chi connectivity index (χ0n) is 29.2. The van der Waals surface area contributed by atoms with E-state index in [1.165, 1.54) is 77.9 Å². The van der Waals surface area contributed by atoms with Crippen molar-refractivity contribution >= 4 is 35.1 Å². The first-order chi connectivity index (χ1) is 21.7. The molecule has 0 bridgehead atoms. The molecule has 0 aromatic heterocycles. The van der Waals surface area contributed by atoms with Crippen molar-refractivity contribution in [2.75, 3.05) is 0 Å². The van der Waals surface area contributed by atoms with E-state index in [9.17, 15) is 0 Å². The molecular formula is C42H49Cl2SiZr. The van der Waals surface area contributed by atoms with E-state index in [2.05, 4.69) is 153 Å². The Hall–Kier alpha value is -1.96. The Morgan fingerprint density at radius 1 is 0.565 bits per heavy atom. The number of hydrogen-bond donors (Lipinski definition) is 0. The molecule has 0 saturated heterocycles. The minimum atomic E-state index is -4.78. The fraction of sp³-hybridized carbons (Fsp3) is 0.333. The van der Waals surface area contributed by atoms with Crippen LogP contribution in [-0.4, -0.2) is 5.92 Å². The van der Waals surface area contributed by atoms with Crippen LogP contribution in [-0.2, 0) is 15.6 Å². The molecule has 0 fully saturated rings. The summed E-state index contributed by atoms with van der Waals surface area (Å²) >= 11 is -4.78. The summed E-state index contributed by atoms with van der Waals surface area (Å²) in [6, 6.07) is 27.3. The van der Waals surface area contributed by atoms with Crippen molar-refractivity contribution in [3.63, 3.8) is 0 Å². The molecule has 4 heteroatoms. The van der Waals surface area contributed by atoms with Crippen LogP contribution in [0.1, 0.15) is 105 Å². The second kappa shape index (κ2) is 12.2. The van der Waals surface area contributed by atoms with Crippen LogP contribution < -0.4 is 0 Å². The quantitative estimate of drug-likeness (QED) is 0.165. The van der Waals surface area contributed by atoms with Crippen molar-refractivity contribution in [1.82, 2.24) is 0 Å². The number of allylic oxidation sites excluding steroid dienone is 2. The normalized spacial score (nSPS) is 18.5. The summed E-state index contributed by atoms with van der Waals surface area (Å²) in [4.78, 5) is 0. The molecular weight excluding hydrogens is 695 g/mol. The summed E-state index contributed by atoms with van der Waals surface area (Å²) in [5.41, 5.74) is 18.8. The van der Waals surface area contributed by atoms with Crippen LogP contribution >= 0.6 is 17.0 Å². The first-order valence-electron chi connectivity index (χ1n) is 17.1. The summed E-state index contributed by atoms with van der Waals surface area (Å²) in [5, 5.41) is 0. The maximum absolute atomic E-state index is 8.58. The summed E-state index contributed by atoms with van der Waals surface area (Å²) in [7, 11) is 17.2. The average molecular weight is 744 g/mol. The zero-order chi connectivity index (χ0) is 33.3. The Morgan fingerprint density at radius 2 is 0.935 bits per heavy atom. The van der Waals surface area contributed by atoms with Crippen LogP contribution in [0.5, 0.6) is 0 Å². The van der Waals surface area contributed by atoms with Crippen molar-refractivity contribution in [2.45, 2.75) is 87.6 Å². The standard InChI is InChI=1S/2C20H21.C2H7Si.2ClH.Zr/c2*1-13(2)17-7-5-6-8-18(17)20-15(4)9-10-16-11-14(3)12-19(16)20;1-3-2;;;/h2*5-13H,1-4H3;3H,1-2H3;2*1H;/q;;;;;+2/p-2. The Balaban J connectivity index is 1.59. The average Bonchev–Trinajstić information content (AvgIpc) is 3.53. The maximum atomic E-state index is 8.58. The van der Waals surface area contributed by atoms with Gasteiger partial charge in [-0.2, -0.15) is 0 Å². The number of aryl methyl sites for hydroxylation is 2. The Labute approximate surface area is 286 Å². The topological polar surface area (TPSA) is 0 Å². The first kappa shape index (κ1) is 33.9. The predicted octanol–water partition coefficient (Wildman–Crippen LogP) is 13.5. The van der Waals surface area contributed by atoms with Gasteiger partial charge in [-0.1, -0.05) is 0 Å².